The Balaban J connectivity index is 0.000000293. The number of halogens is 5. The summed E-state index contributed by atoms with van der Waals surface area (Å²) < 4.78 is 45.6. The fourth-order valence-electron chi connectivity index (χ4n) is 0.622. The van der Waals surface area contributed by atoms with Gasteiger partial charge in [-0.1, -0.05) is 13.6 Å². The van der Waals surface area contributed by atoms with Gasteiger partial charge in [-0.15, -0.1) is 0 Å². The van der Waals surface area contributed by atoms with Crippen molar-refractivity contribution in [2.75, 3.05) is 0 Å². The number of hydrogen-bond donors (Lipinski definition) is 0. The molecule has 0 saturated carbocycles. The Labute approximate surface area is 131 Å². The standard InChI is InChI=1S/C6H3BrF.BF3O3.K/c7-5-2-1-3-6(8)4-5;2-5-1(6-3)7-4;/h1-3H;;. The van der Waals surface area contributed by atoms with Gasteiger partial charge in [0.05, 0.1) is 0 Å². The molecule has 0 unspecified atom stereocenters. The van der Waals surface area contributed by atoms with Gasteiger partial charge < -0.3 is 0 Å². The number of rotatable bonds is 3. The first-order chi connectivity index (χ1) is 7.56. The average molecular weight is 329 g/mol. The van der Waals surface area contributed by atoms with Gasteiger partial charge in [0.25, 0.3) is 0 Å². The molecule has 0 heterocycles. The van der Waals surface area contributed by atoms with Crippen molar-refractivity contribution in [2.24, 2.45) is 0 Å². The van der Waals surface area contributed by atoms with E-state index in [9.17, 15) is 18.0 Å². The van der Waals surface area contributed by atoms with Crippen molar-refractivity contribution in [3.8, 4) is 0 Å². The third kappa shape index (κ3) is 6.67. The van der Waals surface area contributed by atoms with Gasteiger partial charge in [-0.3, -0.25) is 0 Å². The van der Waals surface area contributed by atoms with E-state index in [1.54, 1.807) is 6.07 Å². The van der Waals surface area contributed by atoms with Gasteiger partial charge in [0.1, 0.15) is 0 Å². The molecule has 0 amide bonds. The van der Waals surface area contributed by atoms with Crippen LogP contribution in [0.15, 0.2) is 22.7 Å². The van der Waals surface area contributed by atoms with Crippen LogP contribution in [0.2, 0.25) is 0 Å². The van der Waals surface area contributed by atoms with E-state index in [0.717, 1.165) is 4.13 Å². The molecule has 16 heavy (non-hydrogen) atoms. The van der Waals surface area contributed by atoms with Crippen molar-refractivity contribution >= 4 is 71.9 Å². The number of benzene rings is 1. The van der Waals surface area contributed by atoms with Crippen LogP contribution in [0.5, 0.6) is 0 Å². The molecule has 0 radical (unpaired) electrons. The van der Waals surface area contributed by atoms with E-state index in [1.807, 2.05) is 6.07 Å². The van der Waals surface area contributed by atoms with Gasteiger partial charge in [-0.05, 0) is 0 Å². The van der Waals surface area contributed by atoms with Gasteiger partial charge in [0.15, 0.2) is 0 Å². The fourth-order valence-corrected chi connectivity index (χ4v) is 1.48. The van der Waals surface area contributed by atoms with E-state index in [2.05, 4.69) is 30.5 Å². The SMILES string of the molecule is FOB(OF)OF.Fc1cccc(Br)[c]1[K]. The molecule has 0 aliphatic heterocycles. The van der Waals surface area contributed by atoms with E-state index in [-0.39, 0.29) is 5.82 Å². The third-order valence-corrected chi connectivity index (χ3v) is 5.01. The van der Waals surface area contributed by atoms with Crippen molar-refractivity contribution < 1.29 is 32.5 Å². The van der Waals surface area contributed by atoms with E-state index in [0.29, 0.717) is 49.0 Å². The van der Waals surface area contributed by atoms with Crippen molar-refractivity contribution in [3.63, 3.8) is 0 Å². The summed E-state index contributed by atoms with van der Waals surface area (Å²) >= 11 is 3.67. The predicted octanol–water partition coefficient (Wildman–Crippen LogP) is 2.06. The first-order valence-corrected chi connectivity index (χ1v) is 6.15. The summed E-state index contributed by atoms with van der Waals surface area (Å²) in [5.41, 5.74) is 0. The van der Waals surface area contributed by atoms with Crippen molar-refractivity contribution in [1.82, 2.24) is 0 Å². The molecule has 0 aliphatic carbocycles. The molecule has 1 aromatic carbocycles. The maximum absolute atomic E-state index is 12.6. The third-order valence-electron chi connectivity index (χ3n) is 1.42. The van der Waals surface area contributed by atoms with Crippen LogP contribution in [0.1, 0.15) is 0 Å². The average Bonchev–Trinajstić information content (AvgIpc) is 2.29. The molecule has 0 aromatic heterocycles. The summed E-state index contributed by atoms with van der Waals surface area (Å²) in [5.74, 6) is -0.0793. The molecule has 0 spiro atoms. The van der Waals surface area contributed by atoms with Gasteiger partial charge >= 0.3 is 105 Å². The first kappa shape index (κ1) is 17.0. The Bertz CT molecular complexity index is 292. The van der Waals surface area contributed by atoms with Gasteiger partial charge in [-0.25, -0.2) is 0 Å². The summed E-state index contributed by atoms with van der Waals surface area (Å²) in [6.45, 7) is 0. The summed E-state index contributed by atoms with van der Waals surface area (Å²) in [6.07, 6.45) is 0. The molecule has 0 saturated heterocycles. The van der Waals surface area contributed by atoms with E-state index in [4.69, 9.17) is 0 Å². The van der Waals surface area contributed by atoms with Gasteiger partial charge in [0, 0.05) is 0 Å². The summed E-state index contributed by atoms with van der Waals surface area (Å²) in [6, 6.07) is 5.06. The van der Waals surface area contributed by atoms with Crippen LogP contribution in [0.3, 0.4) is 0 Å². The van der Waals surface area contributed by atoms with Gasteiger partial charge in [-0.2, -0.15) is 14.6 Å². The summed E-state index contributed by atoms with van der Waals surface area (Å²) in [5, 5.41) is 0. The van der Waals surface area contributed by atoms with Crippen molar-refractivity contribution in [1.29, 1.82) is 0 Å². The molecule has 0 aliphatic rings. The van der Waals surface area contributed by atoms with Crippen molar-refractivity contribution in [2.45, 2.75) is 0 Å². The molecule has 84 valence electrons. The normalized spacial score (nSPS) is 9.44. The molecule has 1 aromatic rings. The first-order valence-electron chi connectivity index (χ1n) is 3.79. The molecular weight excluding hydrogens is 326 g/mol. The van der Waals surface area contributed by atoms with E-state index in [1.165, 1.54) is 6.07 Å². The van der Waals surface area contributed by atoms with Crippen LogP contribution < -0.4 is -0.342 Å². The molecular formula is C6H3BBrF4KO3. The summed E-state index contributed by atoms with van der Waals surface area (Å²) in [4.78, 5) is 7.06. The van der Waals surface area contributed by atoms with Crippen LogP contribution in [0.4, 0.5) is 18.0 Å². The van der Waals surface area contributed by atoms with Crippen LogP contribution in [0.25, 0.3) is 0 Å². The molecule has 0 fully saturated rings. The molecule has 3 nitrogen and oxygen atoms in total. The van der Waals surface area contributed by atoms with Crippen molar-refractivity contribution in [3.05, 3.63) is 28.5 Å². The molecule has 0 bridgehead atoms. The zero-order chi connectivity index (χ0) is 12.6. The second kappa shape index (κ2) is 9.97. The Morgan fingerprint density at radius 3 is 1.88 bits per heavy atom. The Morgan fingerprint density at radius 2 is 1.62 bits per heavy atom. The van der Waals surface area contributed by atoms with Crippen LogP contribution in [-0.4, -0.2) is 56.3 Å². The Kier molecular flexibility index (Phi) is 10.6. The summed E-state index contributed by atoms with van der Waals surface area (Å²) in [7, 11) is -2.51. The quantitative estimate of drug-likeness (QED) is 0.628. The van der Waals surface area contributed by atoms with Crippen LogP contribution >= 0.6 is 15.9 Å². The Hall–Kier alpha value is 1.00. The second-order valence-electron chi connectivity index (χ2n) is 2.40. The monoisotopic (exact) mass is 328 g/mol. The molecule has 0 N–H and O–H groups in total. The van der Waals surface area contributed by atoms with Crippen LogP contribution in [-0.2, 0) is 14.6 Å². The Morgan fingerprint density at radius 1 is 1.12 bits per heavy atom. The van der Waals surface area contributed by atoms with Crippen LogP contribution in [0, 0.1) is 5.82 Å². The topological polar surface area (TPSA) is 27.7 Å². The number of hydrogen-bond acceptors (Lipinski definition) is 3. The fraction of sp³-hybridized carbons (Fsp3) is 0. The van der Waals surface area contributed by atoms with E-state index < -0.39 is 7.32 Å². The zero-order valence-corrected chi connectivity index (χ0v) is 12.6. The minimum absolute atomic E-state index is 0.0793. The van der Waals surface area contributed by atoms with E-state index >= 15 is 0 Å². The molecule has 1 rings (SSSR count). The maximum atomic E-state index is 12.6. The minimum atomic E-state index is -2.51. The second-order valence-corrected chi connectivity index (χ2v) is 4.82. The van der Waals surface area contributed by atoms with Gasteiger partial charge in [0.2, 0.25) is 0 Å². The molecule has 0 atom stereocenters. The predicted molar refractivity (Wildman–Crippen MR) is 51.8 cm³/mol. The molecule has 10 heteroatoms. The zero-order valence-electron chi connectivity index (χ0n) is 7.92.